The van der Waals surface area contributed by atoms with Crippen LogP contribution in [0.3, 0.4) is 0 Å². The molecule has 4 aliphatic rings. The molecule has 2 aromatic rings. The summed E-state index contributed by atoms with van der Waals surface area (Å²) in [5.41, 5.74) is 8.68. The summed E-state index contributed by atoms with van der Waals surface area (Å²) in [6, 6.07) is 8.79. The van der Waals surface area contributed by atoms with Crippen molar-refractivity contribution in [3.8, 4) is 0 Å². The zero-order valence-electron chi connectivity index (χ0n) is 25.7. The van der Waals surface area contributed by atoms with Crippen LogP contribution in [0.5, 0.6) is 0 Å². The van der Waals surface area contributed by atoms with Crippen LogP contribution in [0.15, 0.2) is 47.1 Å². The van der Waals surface area contributed by atoms with Gasteiger partial charge in [-0.25, -0.2) is 0 Å². The summed E-state index contributed by atoms with van der Waals surface area (Å²) in [7, 11) is 0. The molecule has 0 spiro atoms. The average Bonchev–Trinajstić information content (AvgIpc) is 3.32. The zero-order valence-corrected chi connectivity index (χ0v) is 25.7. The molecule has 232 valence electrons. The molecule has 1 atom stereocenters. The highest BCUT2D eigenvalue weighted by Crippen LogP contribution is 2.42. The normalized spacial score (nSPS) is 23.5. The number of benzene rings is 2. The highest BCUT2D eigenvalue weighted by atomic mass is 16.2. The van der Waals surface area contributed by atoms with E-state index in [4.69, 9.17) is 10.7 Å². The number of allylic oxidation sites excluding steroid dienone is 1. The summed E-state index contributed by atoms with van der Waals surface area (Å²) in [6.45, 7) is 7.49. The second-order valence-electron chi connectivity index (χ2n) is 13.0. The van der Waals surface area contributed by atoms with Crippen LogP contribution in [0, 0.1) is 5.41 Å². The van der Waals surface area contributed by atoms with Crippen molar-refractivity contribution in [2.75, 3.05) is 31.1 Å². The van der Waals surface area contributed by atoms with Crippen LogP contribution in [0.2, 0.25) is 0 Å². The van der Waals surface area contributed by atoms with E-state index in [1.165, 1.54) is 4.90 Å². The summed E-state index contributed by atoms with van der Waals surface area (Å²) in [6.07, 6.45) is 8.75. The van der Waals surface area contributed by atoms with Gasteiger partial charge in [0.05, 0.1) is 16.6 Å². The molecule has 1 unspecified atom stereocenters. The number of imide groups is 1. The molecule has 0 aliphatic carbocycles. The Balaban J connectivity index is 1.16. The van der Waals surface area contributed by atoms with Crippen molar-refractivity contribution in [3.63, 3.8) is 0 Å². The molecule has 6 rings (SSSR count). The van der Waals surface area contributed by atoms with Crippen molar-refractivity contribution in [1.29, 1.82) is 0 Å². The summed E-state index contributed by atoms with van der Waals surface area (Å²) in [5, 5.41) is 7.50. The summed E-state index contributed by atoms with van der Waals surface area (Å²) >= 11 is 0. The van der Waals surface area contributed by atoms with E-state index < -0.39 is 11.9 Å². The molecule has 10 nitrogen and oxygen atoms in total. The Labute approximate surface area is 258 Å². The zero-order chi connectivity index (χ0) is 31.1. The van der Waals surface area contributed by atoms with Crippen LogP contribution in [0.25, 0.3) is 10.8 Å². The molecule has 4 N–H and O–H groups in total. The van der Waals surface area contributed by atoms with Crippen LogP contribution in [0.1, 0.15) is 74.7 Å². The fourth-order valence-corrected chi connectivity index (χ4v) is 7.34. The van der Waals surface area contributed by atoms with Crippen molar-refractivity contribution in [1.82, 2.24) is 15.5 Å². The standard InChI is InChI=1S/C34H42N6O4/c1-3-34(11-15-36-16-12-34)32(44)39-17-13-33(2,14-18-39)37-21-22(20-35)19-23-7-8-26-29-24(23)5-4-6-25(29)31(43)40(26)27-9-10-28(41)38-30(27)42/h4-8,20-21,27,36H,3,9-19,35H2,1-2H3,(H,38,41,42)/b22-20-,37-21?. The van der Waals surface area contributed by atoms with E-state index >= 15 is 0 Å². The number of nitrogens with one attached hydrogen (secondary N) is 2. The molecule has 3 fully saturated rings. The highest BCUT2D eigenvalue weighted by molar-refractivity contribution is 6.27. The third kappa shape index (κ3) is 5.29. The summed E-state index contributed by atoms with van der Waals surface area (Å²) in [5.74, 6) is -0.675. The van der Waals surface area contributed by atoms with E-state index in [0.29, 0.717) is 43.1 Å². The molecular weight excluding hydrogens is 556 g/mol. The predicted octanol–water partition coefficient (Wildman–Crippen LogP) is 3.22. The molecular formula is C34H42N6O4. The van der Waals surface area contributed by atoms with Crippen molar-refractivity contribution in [3.05, 3.63) is 53.2 Å². The number of carbonyl (C=O) groups excluding carboxylic acids is 4. The summed E-state index contributed by atoms with van der Waals surface area (Å²) in [4.78, 5) is 60.0. The first kappa shape index (κ1) is 30.0. The van der Waals surface area contributed by atoms with Crippen LogP contribution in [0.4, 0.5) is 5.69 Å². The van der Waals surface area contributed by atoms with Crippen molar-refractivity contribution in [2.45, 2.75) is 76.8 Å². The predicted molar refractivity (Wildman–Crippen MR) is 170 cm³/mol. The van der Waals surface area contributed by atoms with E-state index in [9.17, 15) is 19.2 Å². The van der Waals surface area contributed by atoms with Gasteiger partial charge in [0, 0.05) is 43.1 Å². The van der Waals surface area contributed by atoms with E-state index in [1.54, 1.807) is 12.3 Å². The van der Waals surface area contributed by atoms with Gasteiger partial charge in [0.1, 0.15) is 6.04 Å². The first-order chi connectivity index (χ1) is 21.2. The minimum Gasteiger partial charge on any atom is -0.404 e. The van der Waals surface area contributed by atoms with E-state index in [2.05, 4.69) is 29.4 Å². The maximum absolute atomic E-state index is 13.5. The average molecular weight is 599 g/mol. The highest BCUT2D eigenvalue weighted by Gasteiger charge is 2.43. The van der Waals surface area contributed by atoms with Crippen LogP contribution in [-0.4, -0.2) is 72.5 Å². The molecule has 10 heteroatoms. The number of hydrogen-bond donors (Lipinski definition) is 3. The molecule has 0 radical (unpaired) electrons. The summed E-state index contributed by atoms with van der Waals surface area (Å²) < 4.78 is 0. The molecule has 4 aliphatic heterocycles. The lowest BCUT2D eigenvalue weighted by atomic mass is 9.74. The Morgan fingerprint density at radius 1 is 1.09 bits per heavy atom. The number of rotatable bonds is 7. The lowest BCUT2D eigenvalue weighted by Gasteiger charge is -2.43. The van der Waals surface area contributed by atoms with E-state index in [0.717, 1.165) is 67.1 Å². The van der Waals surface area contributed by atoms with Gasteiger partial charge >= 0.3 is 0 Å². The van der Waals surface area contributed by atoms with Crippen LogP contribution in [-0.2, 0) is 20.8 Å². The van der Waals surface area contributed by atoms with Gasteiger partial charge in [-0.2, -0.15) is 0 Å². The van der Waals surface area contributed by atoms with E-state index in [-0.39, 0.29) is 29.2 Å². The van der Waals surface area contributed by atoms with Crippen LogP contribution >= 0.6 is 0 Å². The van der Waals surface area contributed by atoms with Gasteiger partial charge in [0.15, 0.2) is 0 Å². The van der Waals surface area contributed by atoms with Crippen LogP contribution < -0.4 is 21.3 Å². The first-order valence-electron chi connectivity index (χ1n) is 15.9. The molecule has 4 amide bonds. The fraction of sp³-hybridized carbons (Fsp3) is 0.500. The minimum absolute atomic E-state index is 0.201. The second kappa shape index (κ2) is 11.8. The molecule has 0 aromatic heterocycles. The Bertz CT molecular complexity index is 1560. The topological polar surface area (TPSA) is 137 Å². The van der Waals surface area contributed by atoms with Gasteiger partial charge in [0.25, 0.3) is 5.91 Å². The number of piperidine rings is 3. The Morgan fingerprint density at radius 2 is 1.84 bits per heavy atom. The number of hydrogen-bond acceptors (Lipinski definition) is 7. The van der Waals surface area contributed by atoms with Gasteiger partial charge in [-0.3, -0.25) is 34.4 Å². The van der Waals surface area contributed by atoms with Gasteiger partial charge in [-0.15, -0.1) is 0 Å². The third-order valence-electron chi connectivity index (χ3n) is 10.3. The molecule has 0 saturated carbocycles. The van der Waals surface area contributed by atoms with Crippen molar-refractivity contribution < 1.29 is 19.2 Å². The largest absolute Gasteiger partial charge is 0.404 e. The quantitative estimate of drug-likeness (QED) is 0.331. The number of nitrogens with two attached hydrogens (primary N) is 1. The number of nitrogens with zero attached hydrogens (tertiary/aromatic N) is 3. The minimum atomic E-state index is -0.720. The Kier molecular flexibility index (Phi) is 8.04. The van der Waals surface area contributed by atoms with Gasteiger partial charge in [0.2, 0.25) is 17.7 Å². The SMILES string of the molecule is CCC1(C(=O)N2CCC(C)(N=C/C(=C\N)Cc3ccc4c5c(cccc35)C(=O)N4C3CCC(=O)NC3=O)CC2)CCNCC1. The van der Waals surface area contributed by atoms with Crippen molar-refractivity contribution in [2.24, 2.45) is 16.1 Å². The molecule has 2 aromatic carbocycles. The maximum Gasteiger partial charge on any atom is 0.259 e. The van der Waals surface area contributed by atoms with Gasteiger partial charge < -0.3 is 16.0 Å². The first-order valence-corrected chi connectivity index (χ1v) is 15.9. The lowest BCUT2D eigenvalue weighted by Crippen LogP contribution is -2.53. The maximum atomic E-state index is 13.5. The Hall–Kier alpha value is -4.05. The number of amides is 4. The van der Waals surface area contributed by atoms with Gasteiger partial charge in [-0.1, -0.05) is 25.1 Å². The number of likely N-dealkylation sites (tertiary alicyclic amines) is 1. The molecule has 44 heavy (non-hydrogen) atoms. The number of anilines is 1. The smallest absolute Gasteiger partial charge is 0.259 e. The molecule has 4 heterocycles. The van der Waals surface area contributed by atoms with Gasteiger partial charge in [-0.05, 0) is 93.4 Å². The monoisotopic (exact) mass is 598 g/mol. The molecule has 3 saturated heterocycles. The fourth-order valence-electron chi connectivity index (χ4n) is 7.34. The van der Waals surface area contributed by atoms with Crippen molar-refractivity contribution >= 4 is 46.3 Å². The number of carbonyl (C=O) groups is 4. The second-order valence-corrected chi connectivity index (χ2v) is 13.0. The van der Waals surface area contributed by atoms with E-state index in [1.807, 2.05) is 30.5 Å². The lowest BCUT2D eigenvalue weighted by molar-refractivity contribution is -0.145. The number of aliphatic imine (C=N–C) groups is 1. The Morgan fingerprint density at radius 3 is 2.52 bits per heavy atom. The third-order valence-corrected chi connectivity index (χ3v) is 10.3. The molecule has 0 bridgehead atoms.